The molecule has 0 saturated carbocycles. The van der Waals surface area contributed by atoms with Gasteiger partial charge in [-0.15, -0.1) is 6.58 Å². The van der Waals surface area contributed by atoms with Gasteiger partial charge in [-0.25, -0.2) is 0 Å². The van der Waals surface area contributed by atoms with Gasteiger partial charge in [0.05, 0.1) is 12.1 Å². The fraction of sp³-hybridized carbons (Fsp3) is 0.423. The lowest BCUT2D eigenvalue weighted by molar-refractivity contribution is -0.241. The molecule has 1 saturated heterocycles. The molecule has 0 bridgehead atoms. The maximum absolute atomic E-state index is 13.3. The van der Waals surface area contributed by atoms with E-state index in [0.717, 1.165) is 37.7 Å². The zero-order valence-corrected chi connectivity index (χ0v) is 17.7. The fourth-order valence-electron chi connectivity index (χ4n) is 5.02. The summed E-state index contributed by atoms with van der Waals surface area (Å²) in [5.41, 5.74) is 3.62. The topological polar surface area (TPSA) is 49.8 Å². The molecule has 0 spiro atoms. The Bertz CT molecular complexity index is 892. The SMILES string of the molecule is C=CC[C@H](CCC(=O)N1[C@H]2c3ccccc3CC2O[C@]1(C)O)CCc1ccccc1. The van der Waals surface area contributed by atoms with Crippen molar-refractivity contribution in [3.8, 4) is 0 Å². The van der Waals surface area contributed by atoms with E-state index in [1.54, 1.807) is 11.8 Å². The molecule has 1 unspecified atom stereocenters. The lowest BCUT2D eigenvalue weighted by Gasteiger charge is -2.32. The highest BCUT2D eigenvalue weighted by molar-refractivity contribution is 5.78. The molecule has 2 aromatic rings. The summed E-state index contributed by atoms with van der Waals surface area (Å²) in [6, 6.07) is 18.4. The molecule has 4 rings (SSSR count). The van der Waals surface area contributed by atoms with E-state index in [9.17, 15) is 9.90 Å². The second-order valence-electron chi connectivity index (χ2n) is 8.66. The second-order valence-corrected chi connectivity index (χ2v) is 8.66. The van der Waals surface area contributed by atoms with E-state index >= 15 is 0 Å². The molecule has 1 aliphatic heterocycles. The fourth-order valence-corrected chi connectivity index (χ4v) is 5.02. The van der Waals surface area contributed by atoms with Crippen LogP contribution in [0.5, 0.6) is 0 Å². The third kappa shape index (κ3) is 4.21. The van der Waals surface area contributed by atoms with Crippen LogP contribution in [0.1, 0.15) is 55.3 Å². The summed E-state index contributed by atoms with van der Waals surface area (Å²) < 4.78 is 5.89. The van der Waals surface area contributed by atoms with Crippen molar-refractivity contribution in [2.45, 2.75) is 63.5 Å². The van der Waals surface area contributed by atoms with Crippen LogP contribution in [0.3, 0.4) is 0 Å². The predicted octanol–water partition coefficient (Wildman–Crippen LogP) is 4.78. The number of hydrogen-bond donors (Lipinski definition) is 1. The van der Waals surface area contributed by atoms with E-state index in [0.29, 0.717) is 12.3 Å². The number of nitrogens with zero attached hydrogens (tertiary/aromatic N) is 1. The van der Waals surface area contributed by atoms with Gasteiger partial charge in [0, 0.05) is 19.8 Å². The maximum Gasteiger partial charge on any atom is 0.249 e. The molecule has 1 aliphatic carbocycles. The molecule has 4 heteroatoms. The lowest BCUT2D eigenvalue weighted by atomic mass is 9.91. The molecule has 1 heterocycles. The first-order valence-corrected chi connectivity index (χ1v) is 10.9. The van der Waals surface area contributed by atoms with E-state index in [1.807, 2.05) is 30.3 Å². The minimum atomic E-state index is -1.56. The van der Waals surface area contributed by atoms with Crippen molar-refractivity contribution in [2.24, 2.45) is 5.92 Å². The molecular weight excluding hydrogens is 374 g/mol. The van der Waals surface area contributed by atoms with Crippen LogP contribution in [-0.4, -0.2) is 27.9 Å². The van der Waals surface area contributed by atoms with Crippen LogP contribution in [0.15, 0.2) is 67.3 Å². The molecule has 158 valence electrons. The van der Waals surface area contributed by atoms with Crippen molar-refractivity contribution in [1.29, 1.82) is 0 Å². The lowest BCUT2D eigenvalue weighted by Crippen LogP contribution is -2.47. The minimum absolute atomic E-state index is 0.0435. The molecule has 4 atom stereocenters. The molecule has 0 radical (unpaired) electrons. The first-order chi connectivity index (χ1) is 14.5. The Kier molecular flexibility index (Phi) is 6.07. The maximum atomic E-state index is 13.3. The minimum Gasteiger partial charge on any atom is -0.349 e. The van der Waals surface area contributed by atoms with Crippen molar-refractivity contribution in [2.75, 3.05) is 0 Å². The van der Waals surface area contributed by atoms with Gasteiger partial charge in [-0.2, -0.15) is 0 Å². The number of carbonyl (C=O) groups is 1. The number of fused-ring (bicyclic) bond motifs is 3. The molecule has 2 aromatic carbocycles. The number of amides is 1. The Labute approximate surface area is 179 Å². The number of rotatable bonds is 8. The Morgan fingerprint density at radius 3 is 2.73 bits per heavy atom. The summed E-state index contributed by atoms with van der Waals surface area (Å²) in [5, 5.41) is 10.8. The zero-order chi connectivity index (χ0) is 21.1. The van der Waals surface area contributed by atoms with Gasteiger partial charge in [-0.1, -0.05) is 60.7 Å². The Balaban J connectivity index is 1.42. The molecule has 30 heavy (non-hydrogen) atoms. The first kappa shape index (κ1) is 20.8. The van der Waals surface area contributed by atoms with Crippen LogP contribution >= 0.6 is 0 Å². The summed E-state index contributed by atoms with van der Waals surface area (Å²) in [6.45, 7) is 5.48. The highest BCUT2D eigenvalue weighted by Crippen LogP contribution is 2.47. The van der Waals surface area contributed by atoms with Crippen molar-refractivity contribution in [3.63, 3.8) is 0 Å². The summed E-state index contributed by atoms with van der Waals surface area (Å²) in [7, 11) is 0. The van der Waals surface area contributed by atoms with E-state index in [-0.39, 0.29) is 18.1 Å². The monoisotopic (exact) mass is 405 g/mol. The molecule has 1 N–H and O–H groups in total. The average molecular weight is 406 g/mol. The number of carbonyl (C=O) groups excluding carboxylic acids is 1. The Morgan fingerprint density at radius 2 is 1.97 bits per heavy atom. The van der Waals surface area contributed by atoms with Gasteiger partial charge in [-0.3, -0.25) is 9.69 Å². The summed E-state index contributed by atoms with van der Waals surface area (Å²) in [5.74, 6) is -1.21. The normalized spacial score (nSPS) is 25.6. The summed E-state index contributed by atoms with van der Waals surface area (Å²) in [4.78, 5) is 14.8. The molecule has 2 aliphatic rings. The molecule has 1 amide bonds. The van der Waals surface area contributed by atoms with E-state index in [4.69, 9.17) is 4.74 Å². The van der Waals surface area contributed by atoms with Crippen LogP contribution < -0.4 is 0 Å². The summed E-state index contributed by atoms with van der Waals surface area (Å²) >= 11 is 0. The Morgan fingerprint density at radius 1 is 1.23 bits per heavy atom. The summed E-state index contributed by atoms with van der Waals surface area (Å²) in [6.07, 6.45) is 6.59. The number of aryl methyl sites for hydroxylation is 1. The second kappa shape index (κ2) is 8.75. The quantitative estimate of drug-likeness (QED) is 0.643. The van der Waals surface area contributed by atoms with Gasteiger partial charge in [0.1, 0.15) is 0 Å². The van der Waals surface area contributed by atoms with Gasteiger partial charge in [0.25, 0.3) is 0 Å². The van der Waals surface area contributed by atoms with E-state index in [1.165, 1.54) is 11.1 Å². The first-order valence-electron chi connectivity index (χ1n) is 10.9. The number of ether oxygens (including phenoxy) is 1. The third-order valence-electron chi connectivity index (χ3n) is 6.47. The molecular formula is C26H31NO3. The number of benzene rings is 2. The van der Waals surface area contributed by atoms with Crippen molar-refractivity contribution >= 4 is 5.91 Å². The average Bonchev–Trinajstić information content (AvgIpc) is 3.20. The zero-order valence-electron chi connectivity index (χ0n) is 17.7. The van der Waals surface area contributed by atoms with Crippen molar-refractivity contribution in [3.05, 3.63) is 83.9 Å². The van der Waals surface area contributed by atoms with E-state index < -0.39 is 5.91 Å². The smallest absolute Gasteiger partial charge is 0.249 e. The molecule has 0 aromatic heterocycles. The third-order valence-corrected chi connectivity index (χ3v) is 6.47. The predicted molar refractivity (Wildman–Crippen MR) is 118 cm³/mol. The number of aliphatic hydroxyl groups is 1. The van der Waals surface area contributed by atoms with Gasteiger partial charge >= 0.3 is 0 Å². The van der Waals surface area contributed by atoms with Crippen LogP contribution in [0, 0.1) is 5.92 Å². The Hall–Kier alpha value is -2.43. The van der Waals surface area contributed by atoms with Crippen LogP contribution in [0.25, 0.3) is 0 Å². The largest absolute Gasteiger partial charge is 0.349 e. The van der Waals surface area contributed by atoms with Crippen LogP contribution in [0.2, 0.25) is 0 Å². The number of allylic oxidation sites excluding steroid dienone is 1. The highest BCUT2D eigenvalue weighted by atomic mass is 16.7. The molecule has 1 fully saturated rings. The van der Waals surface area contributed by atoms with Gasteiger partial charge < -0.3 is 9.84 Å². The van der Waals surface area contributed by atoms with Gasteiger partial charge in [-0.05, 0) is 48.3 Å². The molecule has 4 nitrogen and oxygen atoms in total. The van der Waals surface area contributed by atoms with Gasteiger partial charge in [0.15, 0.2) is 0 Å². The van der Waals surface area contributed by atoms with Crippen molar-refractivity contribution in [1.82, 2.24) is 4.90 Å². The standard InChI is InChI=1S/C26H31NO3/c1-3-9-19(14-15-20-10-5-4-6-11-20)16-17-24(28)27-25-22-13-8-7-12-21(22)18-23(25)30-26(27,2)29/h3-8,10-13,19,23,25,29H,1,9,14-18H2,2H3/t19-,23?,25-,26-/m0/s1. The van der Waals surface area contributed by atoms with Crippen LogP contribution in [-0.2, 0) is 22.4 Å². The number of hydrogen-bond acceptors (Lipinski definition) is 3. The highest BCUT2D eigenvalue weighted by Gasteiger charge is 2.54. The van der Waals surface area contributed by atoms with Crippen molar-refractivity contribution < 1.29 is 14.6 Å². The van der Waals surface area contributed by atoms with E-state index in [2.05, 4.69) is 36.9 Å². The van der Waals surface area contributed by atoms with Gasteiger partial charge in [0.2, 0.25) is 11.8 Å². The van der Waals surface area contributed by atoms with Crippen LogP contribution in [0.4, 0.5) is 0 Å².